The zero-order valence-corrected chi connectivity index (χ0v) is 26.3. The van der Waals surface area contributed by atoms with E-state index in [4.69, 9.17) is 19.4 Å². The molecule has 49 heavy (non-hydrogen) atoms. The minimum absolute atomic E-state index is 0.589. The topological polar surface area (TPSA) is 77.2 Å². The van der Waals surface area contributed by atoms with Crippen LogP contribution in [-0.4, -0.2) is 24.9 Å². The normalized spacial score (nSPS) is 11.3. The lowest BCUT2D eigenvalue weighted by Gasteiger charge is -2.09. The number of benzene rings is 5. The van der Waals surface area contributed by atoms with Gasteiger partial charge in [-0.3, -0.25) is 9.97 Å². The molecular weight excluding hydrogens is 603 g/mol. The maximum atomic E-state index is 5.20. The summed E-state index contributed by atoms with van der Waals surface area (Å²) < 4.78 is 5.20. The summed E-state index contributed by atoms with van der Waals surface area (Å²) >= 11 is 0. The zero-order valence-electron chi connectivity index (χ0n) is 26.3. The number of hydrogen-bond acceptors (Lipinski definition) is 5. The van der Waals surface area contributed by atoms with Crippen LogP contribution >= 0.6 is 0 Å². The smallest absolute Gasteiger partial charge is 0.277 e. The summed E-state index contributed by atoms with van der Waals surface area (Å²) in [6.45, 7) is 0. The fourth-order valence-electron chi connectivity index (χ4n) is 6.40. The van der Waals surface area contributed by atoms with Gasteiger partial charge in [-0.15, -0.1) is 0 Å². The summed E-state index contributed by atoms with van der Waals surface area (Å²) in [5.41, 5.74) is 10.9. The van der Waals surface area contributed by atoms with Gasteiger partial charge in [-0.1, -0.05) is 103 Å². The van der Waals surface area contributed by atoms with Gasteiger partial charge in [0.1, 0.15) is 0 Å². The summed E-state index contributed by atoms with van der Waals surface area (Å²) in [5.74, 6) is 1.81. The first-order chi connectivity index (χ1) is 24.3. The van der Waals surface area contributed by atoms with Gasteiger partial charge in [0.15, 0.2) is 17.5 Å². The number of fused-ring (bicyclic) bond motifs is 3. The molecule has 9 aromatic rings. The van der Waals surface area contributed by atoms with Crippen LogP contribution in [0.5, 0.6) is 0 Å². The van der Waals surface area contributed by atoms with Crippen molar-refractivity contribution in [1.82, 2.24) is 24.9 Å². The summed E-state index contributed by atoms with van der Waals surface area (Å²) in [6, 6.07) is 47.4. The van der Waals surface area contributed by atoms with Crippen molar-refractivity contribution in [2.75, 3.05) is 0 Å². The molecule has 230 valence electrons. The van der Waals surface area contributed by atoms with E-state index in [9.17, 15) is 0 Å². The summed E-state index contributed by atoms with van der Waals surface area (Å²) in [4.78, 5) is 24.0. The standard InChI is InChI=1S/C43H27N5O/c1-3-10-28(11-4-1)29-18-20-31(21-19-29)42-46-41(30-12-5-2-6-13-30)47-43(48-42)35-16-7-17-38-39(35)37-25-34(32-14-8-22-44-26-32)24-36(40(37)49-38)33-15-9-23-45-27-33/h1-27H/p+1. The quantitative estimate of drug-likeness (QED) is 0.171. The van der Waals surface area contributed by atoms with Crippen LogP contribution in [0.4, 0.5) is 0 Å². The predicted octanol–water partition coefficient (Wildman–Crippen LogP) is 10.7. The highest BCUT2D eigenvalue weighted by Gasteiger charge is 2.24. The van der Waals surface area contributed by atoms with E-state index in [0.29, 0.717) is 17.5 Å². The van der Waals surface area contributed by atoms with Crippen LogP contribution in [0.25, 0.3) is 89.5 Å². The van der Waals surface area contributed by atoms with Gasteiger partial charge in [0.25, 0.3) is 11.2 Å². The molecule has 0 saturated carbocycles. The van der Waals surface area contributed by atoms with Crippen molar-refractivity contribution in [3.8, 4) is 67.5 Å². The molecule has 0 saturated heterocycles. The fraction of sp³-hybridized carbons (Fsp3) is 0. The van der Waals surface area contributed by atoms with Crippen molar-refractivity contribution >= 4 is 21.9 Å². The largest absolute Gasteiger partial charge is 0.545 e. The van der Waals surface area contributed by atoms with Gasteiger partial charge in [-0.2, -0.15) is 0 Å². The van der Waals surface area contributed by atoms with Crippen LogP contribution < -0.4 is 0 Å². The molecule has 0 aliphatic carbocycles. The van der Waals surface area contributed by atoms with Gasteiger partial charge in [0.2, 0.25) is 0 Å². The third-order valence-corrected chi connectivity index (χ3v) is 8.78. The Kier molecular flexibility index (Phi) is 7.02. The third kappa shape index (κ3) is 5.31. The SMILES string of the molecule is c1ccc(-c2ccc(-c3nc(-c4ccccc4)nc(-c4cccc5[oH+]c6c(-c7cccnc7)cc(-c7cccnc7)cc6c45)n3)cc2)cc1. The molecule has 6 heteroatoms. The number of hydrogen-bond donors (Lipinski definition) is 0. The molecule has 0 spiro atoms. The van der Waals surface area contributed by atoms with Crippen LogP contribution in [0.3, 0.4) is 0 Å². The summed E-state index contributed by atoms with van der Waals surface area (Å²) in [7, 11) is 0. The lowest BCUT2D eigenvalue weighted by Crippen LogP contribution is -2.00. The van der Waals surface area contributed by atoms with Crippen LogP contribution in [0.15, 0.2) is 169 Å². The van der Waals surface area contributed by atoms with Gasteiger partial charge in [-0.05, 0) is 47.0 Å². The Labute approximate surface area is 282 Å². The highest BCUT2D eigenvalue weighted by atomic mass is 16.3. The molecule has 9 rings (SSSR count). The van der Waals surface area contributed by atoms with Crippen LogP contribution in [0, 0.1) is 0 Å². The van der Waals surface area contributed by atoms with E-state index in [1.165, 1.54) is 0 Å². The van der Waals surface area contributed by atoms with Crippen molar-refractivity contribution in [1.29, 1.82) is 0 Å². The molecule has 0 atom stereocenters. The molecule has 6 nitrogen and oxygen atoms in total. The van der Waals surface area contributed by atoms with E-state index >= 15 is 0 Å². The summed E-state index contributed by atoms with van der Waals surface area (Å²) in [6.07, 6.45) is 7.35. The van der Waals surface area contributed by atoms with E-state index in [0.717, 1.165) is 72.0 Å². The summed E-state index contributed by atoms with van der Waals surface area (Å²) in [5, 5.41) is 2.00. The van der Waals surface area contributed by atoms with Gasteiger partial charge in [0.05, 0.1) is 16.3 Å². The van der Waals surface area contributed by atoms with E-state index in [1.54, 1.807) is 12.4 Å². The Bertz CT molecular complexity index is 2570. The molecule has 0 bridgehead atoms. The Morgan fingerprint density at radius 2 is 0.959 bits per heavy atom. The molecule has 0 unspecified atom stereocenters. The van der Waals surface area contributed by atoms with Gasteiger partial charge >= 0.3 is 0 Å². The highest BCUT2D eigenvalue weighted by molar-refractivity contribution is 6.16. The van der Waals surface area contributed by atoms with Crippen molar-refractivity contribution in [2.45, 2.75) is 0 Å². The minimum atomic E-state index is 0.589. The molecule has 0 aliphatic rings. The number of furan rings is 1. The predicted molar refractivity (Wildman–Crippen MR) is 196 cm³/mol. The number of aromatic nitrogens is 5. The second-order valence-corrected chi connectivity index (χ2v) is 11.8. The lowest BCUT2D eigenvalue weighted by atomic mass is 9.96. The number of rotatable bonds is 6. The Hall–Kier alpha value is -6.79. The van der Waals surface area contributed by atoms with Crippen molar-refractivity contribution in [3.63, 3.8) is 0 Å². The third-order valence-electron chi connectivity index (χ3n) is 8.78. The molecule has 5 aromatic carbocycles. The van der Waals surface area contributed by atoms with E-state index in [-0.39, 0.29) is 0 Å². The molecule has 1 N–H and O–H groups in total. The van der Waals surface area contributed by atoms with Crippen LogP contribution in [0.2, 0.25) is 0 Å². The molecule has 4 aromatic heterocycles. The highest BCUT2D eigenvalue weighted by Crippen LogP contribution is 2.42. The van der Waals surface area contributed by atoms with Gasteiger partial charge in [-0.25, -0.2) is 15.0 Å². The molecule has 0 aliphatic heterocycles. The second kappa shape index (κ2) is 12.1. The van der Waals surface area contributed by atoms with Crippen LogP contribution in [0.1, 0.15) is 0 Å². The maximum absolute atomic E-state index is 5.20. The van der Waals surface area contributed by atoms with Gasteiger partial charge < -0.3 is 4.42 Å². The number of nitrogens with zero attached hydrogens (tertiary/aromatic N) is 5. The molecule has 4 heterocycles. The molecule has 0 amide bonds. The van der Waals surface area contributed by atoms with E-state index in [2.05, 4.69) is 94.9 Å². The first kappa shape index (κ1) is 28.4. The Balaban J connectivity index is 1.28. The molecular formula is C43H28N5O+. The monoisotopic (exact) mass is 630 g/mol. The minimum Gasteiger partial charge on any atom is -0.545 e. The van der Waals surface area contributed by atoms with E-state index < -0.39 is 0 Å². The zero-order chi connectivity index (χ0) is 32.6. The van der Waals surface area contributed by atoms with Crippen molar-refractivity contribution in [3.05, 3.63) is 164 Å². The first-order valence-corrected chi connectivity index (χ1v) is 16.1. The average Bonchev–Trinajstić information content (AvgIpc) is 3.58. The first-order valence-electron chi connectivity index (χ1n) is 16.1. The second-order valence-electron chi connectivity index (χ2n) is 11.8. The van der Waals surface area contributed by atoms with Crippen molar-refractivity contribution < 1.29 is 4.42 Å². The van der Waals surface area contributed by atoms with Crippen molar-refractivity contribution in [2.24, 2.45) is 0 Å². The van der Waals surface area contributed by atoms with E-state index in [1.807, 2.05) is 67.0 Å². The van der Waals surface area contributed by atoms with Gasteiger partial charge in [0, 0.05) is 58.7 Å². The fourth-order valence-corrected chi connectivity index (χ4v) is 6.40. The molecule has 0 fully saturated rings. The maximum Gasteiger partial charge on any atom is 0.277 e. The Morgan fingerprint density at radius 1 is 0.388 bits per heavy atom. The Morgan fingerprint density at radius 3 is 1.63 bits per heavy atom. The number of pyridine rings is 2. The molecule has 0 radical (unpaired) electrons. The lowest BCUT2D eigenvalue weighted by molar-refractivity contribution is 0.670. The average molecular weight is 631 g/mol. The van der Waals surface area contributed by atoms with Crippen LogP contribution in [-0.2, 0) is 0 Å².